The van der Waals surface area contributed by atoms with Crippen LogP contribution >= 0.6 is 0 Å². The van der Waals surface area contributed by atoms with Crippen molar-refractivity contribution in [2.45, 2.75) is 25.8 Å². The molecule has 3 aromatic rings. The number of amides is 1. The highest BCUT2D eigenvalue weighted by Gasteiger charge is 2.15. The van der Waals surface area contributed by atoms with Crippen LogP contribution in [0.1, 0.15) is 18.1 Å². The van der Waals surface area contributed by atoms with Gasteiger partial charge in [-0.1, -0.05) is 37.3 Å². The van der Waals surface area contributed by atoms with Gasteiger partial charge in [0.15, 0.2) is 6.61 Å². The van der Waals surface area contributed by atoms with Gasteiger partial charge in [-0.2, -0.15) is 0 Å². The first kappa shape index (κ1) is 20.1. The lowest BCUT2D eigenvalue weighted by atomic mass is 10.1. The molecule has 7 heteroatoms. The molecule has 0 bridgehead atoms. The van der Waals surface area contributed by atoms with E-state index in [4.69, 9.17) is 9.15 Å². The summed E-state index contributed by atoms with van der Waals surface area (Å²) in [6, 6.07) is 14.2. The van der Waals surface area contributed by atoms with Gasteiger partial charge in [0.05, 0.1) is 12.0 Å². The molecule has 7 nitrogen and oxygen atoms in total. The van der Waals surface area contributed by atoms with Gasteiger partial charge in [-0.15, -0.1) is 0 Å². The van der Waals surface area contributed by atoms with Crippen molar-refractivity contribution in [2.75, 3.05) is 6.61 Å². The Labute approximate surface area is 166 Å². The maximum Gasteiger partial charge on any atom is 0.336 e. The van der Waals surface area contributed by atoms with Crippen molar-refractivity contribution < 1.29 is 23.8 Å². The molecule has 1 aromatic heterocycles. The number of rotatable bonds is 8. The van der Waals surface area contributed by atoms with E-state index in [-0.39, 0.29) is 13.0 Å². The fraction of sp³-hybridized carbons (Fsp3) is 0.227. The molecule has 0 aliphatic carbocycles. The van der Waals surface area contributed by atoms with Crippen LogP contribution in [0.2, 0.25) is 0 Å². The van der Waals surface area contributed by atoms with E-state index >= 15 is 0 Å². The van der Waals surface area contributed by atoms with Gasteiger partial charge in [0.25, 0.3) is 5.91 Å². The van der Waals surface area contributed by atoms with Crippen LogP contribution in [0.4, 0.5) is 0 Å². The minimum absolute atomic E-state index is 0.107. The second-order valence-electron chi connectivity index (χ2n) is 6.52. The molecule has 2 aromatic carbocycles. The average Bonchev–Trinajstić information content (AvgIpc) is 2.71. The van der Waals surface area contributed by atoms with Crippen LogP contribution in [0.25, 0.3) is 11.0 Å². The number of fused-ring (bicyclic) bond motifs is 1. The number of ether oxygens (including phenoxy) is 1. The van der Waals surface area contributed by atoms with Crippen LogP contribution in [-0.4, -0.2) is 24.5 Å². The Morgan fingerprint density at radius 3 is 2.59 bits per heavy atom. The summed E-state index contributed by atoms with van der Waals surface area (Å²) in [7, 11) is 0. The number of carboxylic acids is 1. The summed E-state index contributed by atoms with van der Waals surface area (Å²) >= 11 is 0. The Balaban J connectivity index is 1.65. The Bertz CT molecular complexity index is 1070. The summed E-state index contributed by atoms with van der Waals surface area (Å²) in [5.74, 6) is -1.64. The Kier molecular flexibility index (Phi) is 6.29. The number of benzene rings is 2. The standard InChI is InChI=1S/C22H21NO6/c1-2-15-11-21(25)29-19-12-16(8-9-17(15)19)28-13-20(24)23-18(22(26)27)10-14-6-4-3-5-7-14/h3-9,11-12,18H,2,10,13H2,1H3,(H,23,24)(H,26,27)/p-1/t18-/m0/s1. The van der Waals surface area contributed by atoms with E-state index in [2.05, 4.69) is 5.32 Å². The number of nitrogens with one attached hydrogen (secondary N) is 1. The summed E-state index contributed by atoms with van der Waals surface area (Å²) < 4.78 is 10.6. The van der Waals surface area contributed by atoms with Crippen molar-refractivity contribution in [1.29, 1.82) is 0 Å². The zero-order valence-corrected chi connectivity index (χ0v) is 15.8. The van der Waals surface area contributed by atoms with E-state index in [9.17, 15) is 19.5 Å². The maximum absolute atomic E-state index is 12.1. The largest absolute Gasteiger partial charge is 0.548 e. The van der Waals surface area contributed by atoms with Gasteiger partial charge in [-0.3, -0.25) is 4.79 Å². The van der Waals surface area contributed by atoms with Crippen molar-refractivity contribution in [2.24, 2.45) is 0 Å². The van der Waals surface area contributed by atoms with Crippen LogP contribution in [0.5, 0.6) is 5.75 Å². The molecule has 150 valence electrons. The van der Waals surface area contributed by atoms with E-state index < -0.39 is 23.5 Å². The van der Waals surface area contributed by atoms with Gasteiger partial charge in [-0.05, 0) is 36.1 Å². The van der Waals surface area contributed by atoms with Crippen LogP contribution in [0.15, 0.2) is 63.8 Å². The van der Waals surface area contributed by atoms with Crippen LogP contribution in [0.3, 0.4) is 0 Å². The lowest BCUT2D eigenvalue weighted by Gasteiger charge is -2.20. The molecule has 0 radical (unpaired) electrons. The lowest BCUT2D eigenvalue weighted by molar-refractivity contribution is -0.308. The zero-order chi connectivity index (χ0) is 20.8. The fourth-order valence-electron chi connectivity index (χ4n) is 3.02. The van der Waals surface area contributed by atoms with Crippen molar-refractivity contribution in [3.05, 3.63) is 76.1 Å². The van der Waals surface area contributed by atoms with Crippen molar-refractivity contribution >= 4 is 22.8 Å². The van der Waals surface area contributed by atoms with Crippen molar-refractivity contribution in [1.82, 2.24) is 5.32 Å². The molecule has 1 amide bonds. The van der Waals surface area contributed by atoms with Gasteiger partial charge in [-0.25, -0.2) is 4.79 Å². The highest BCUT2D eigenvalue weighted by atomic mass is 16.5. The molecule has 0 aliphatic heterocycles. The van der Waals surface area contributed by atoms with Gasteiger partial charge in [0.1, 0.15) is 11.3 Å². The minimum atomic E-state index is -1.37. The summed E-state index contributed by atoms with van der Waals surface area (Å²) in [4.78, 5) is 35.1. The molecule has 0 aliphatic rings. The molecule has 0 fully saturated rings. The van der Waals surface area contributed by atoms with Gasteiger partial charge >= 0.3 is 5.63 Å². The number of hydrogen-bond acceptors (Lipinski definition) is 6. The highest BCUT2D eigenvalue weighted by Crippen LogP contribution is 2.23. The van der Waals surface area contributed by atoms with Gasteiger partial charge in [0, 0.05) is 17.5 Å². The maximum atomic E-state index is 12.1. The first-order valence-electron chi connectivity index (χ1n) is 9.20. The lowest BCUT2D eigenvalue weighted by Crippen LogP contribution is -2.50. The first-order chi connectivity index (χ1) is 14.0. The van der Waals surface area contributed by atoms with Crippen LogP contribution in [-0.2, 0) is 22.4 Å². The highest BCUT2D eigenvalue weighted by molar-refractivity contribution is 5.84. The SMILES string of the molecule is CCc1cc(=O)oc2cc(OCC(=O)N[C@@H](Cc3ccccc3)C(=O)[O-])ccc12. The topological polar surface area (TPSA) is 109 Å². The number of carboxylic acid groups (broad SMARTS) is 1. The molecule has 1 atom stereocenters. The molecule has 1 N–H and O–H groups in total. The smallest absolute Gasteiger partial charge is 0.336 e. The number of aryl methyl sites for hydroxylation is 1. The number of carbonyl (C=O) groups excluding carboxylic acids is 2. The summed E-state index contributed by atoms with van der Waals surface area (Å²) in [5.41, 5.74) is 1.53. The normalized spacial score (nSPS) is 11.8. The Morgan fingerprint density at radius 1 is 1.14 bits per heavy atom. The predicted octanol–water partition coefficient (Wildman–Crippen LogP) is 1.21. The quantitative estimate of drug-likeness (QED) is 0.576. The van der Waals surface area contributed by atoms with E-state index in [0.717, 1.165) is 16.5 Å². The van der Waals surface area contributed by atoms with Gasteiger partial charge < -0.3 is 24.4 Å². The minimum Gasteiger partial charge on any atom is -0.548 e. The molecule has 29 heavy (non-hydrogen) atoms. The number of aliphatic carboxylic acids is 1. The molecule has 0 saturated heterocycles. The molecular weight excluding hydrogens is 374 g/mol. The van der Waals surface area contributed by atoms with Crippen LogP contribution < -0.4 is 20.8 Å². The second kappa shape index (κ2) is 9.05. The molecule has 0 saturated carbocycles. The number of carbonyl (C=O) groups is 2. The molecule has 0 unspecified atom stereocenters. The van der Waals surface area contributed by atoms with Crippen molar-refractivity contribution in [3.8, 4) is 5.75 Å². The van der Waals surface area contributed by atoms with E-state index in [0.29, 0.717) is 17.8 Å². The molecule has 3 rings (SSSR count). The Morgan fingerprint density at radius 2 is 1.90 bits per heavy atom. The zero-order valence-electron chi connectivity index (χ0n) is 15.8. The summed E-state index contributed by atoms with van der Waals surface area (Å²) in [6.07, 6.45) is 0.784. The van der Waals surface area contributed by atoms with Crippen LogP contribution in [0, 0.1) is 0 Å². The molecule has 0 spiro atoms. The Hall–Kier alpha value is -3.61. The fourth-order valence-corrected chi connectivity index (χ4v) is 3.02. The monoisotopic (exact) mass is 394 g/mol. The third-order valence-electron chi connectivity index (χ3n) is 4.45. The average molecular weight is 394 g/mol. The van der Waals surface area contributed by atoms with E-state index in [1.165, 1.54) is 12.1 Å². The molecule has 1 heterocycles. The first-order valence-corrected chi connectivity index (χ1v) is 9.20. The van der Waals surface area contributed by atoms with Gasteiger partial charge in [0.2, 0.25) is 0 Å². The van der Waals surface area contributed by atoms with E-state index in [1.807, 2.05) is 13.0 Å². The van der Waals surface area contributed by atoms with Crippen molar-refractivity contribution in [3.63, 3.8) is 0 Å². The third kappa shape index (κ3) is 5.22. The summed E-state index contributed by atoms with van der Waals surface area (Å²) in [6.45, 7) is 1.55. The number of hydrogen-bond donors (Lipinski definition) is 1. The summed E-state index contributed by atoms with van der Waals surface area (Å²) in [5, 5.41) is 14.5. The predicted molar refractivity (Wildman–Crippen MR) is 104 cm³/mol. The second-order valence-corrected chi connectivity index (χ2v) is 6.52. The molecular formula is C22H20NO6-. The third-order valence-corrected chi connectivity index (χ3v) is 4.45. The van der Waals surface area contributed by atoms with E-state index in [1.54, 1.807) is 36.4 Å².